The van der Waals surface area contributed by atoms with Crippen LogP contribution in [0.2, 0.25) is 0 Å². The van der Waals surface area contributed by atoms with E-state index in [1.54, 1.807) is 0 Å². The van der Waals surface area contributed by atoms with Gasteiger partial charge in [-0.1, -0.05) is 12.1 Å². The Hall–Kier alpha value is -0.680. The van der Waals surface area contributed by atoms with Gasteiger partial charge < -0.3 is 20.3 Å². The van der Waals surface area contributed by atoms with Gasteiger partial charge in [-0.05, 0) is 12.1 Å². The van der Waals surface area contributed by atoms with E-state index in [0.29, 0.717) is 13.2 Å². The quantitative estimate of drug-likeness (QED) is 0.842. The number of hydrogen-bond acceptors (Lipinski definition) is 4. The predicted octanol–water partition coefficient (Wildman–Crippen LogP) is 1.76. The minimum atomic E-state index is 0. The molecule has 0 unspecified atom stereocenters. The first-order valence-corrected chi connectivity index (χ1v) is 6.16. The molecule has 1 aromatic rings. The second kappa shape index (κ2) is 9.26. The van der Waals surface area contributed by atoms with Crippen LogP contribution in [0.5, 0.6) is 0 Å². The van der Waals surface area contributed by atoms with Crippen molar-refractivity contribution in [2.45, 2.75) is 0 Å². The SMILES string of the molecule is CN1CCN(CCOCCN)c2ccccc21.Cl.Cl. The largest absolute Gasteiger partial charge is 0.378 e. The molecular formula is C13H23Cl2N3O. The van der Waals surface area contributed by atoms with Gasteiger partial charge in [-0.15, -0.1) is 24.8 Å². The molecule has 6 heteroatoms. The van der Waals surface area contributed by atoms with Crippen molar-refractivity contribution in [2.24, 2.45) is 5.73 Å². The summed E-state index contributed by atoms with van der Waals surface area (Å²) < 4.78 is 5.45. The number of fused-ring (bicyclic) bond motifs is 1. The Balaban J connectivity index is 0.00000162. The molecule has 1 heterocycles. The van der Waals surface area contributed by atoms with Crippen LogP contribution in [0.25, 0.3) is 0 Å². The molecule has 1 aromatic carbocycles. The lowest BCUT2D eigenvalue weighted by molar-refractivity contribution is 0.147. The zero-order valence-electron chi connectivity index (χ0n) is 11.2. The fourth-order valence-corrected chi connectivity index (χ4v) is 2.16. The van der Waals surface area contributed by atoms with Crippen LogP contribution >= 0.6 is 24.8 Å². The molecule has 19 heavy (non-hydrogen) atoms. The van der Waals surface area contributed by atoms with Crippen LogP contribution in [0.4, 0.5) is 11.4 Å². The van der Waals surface area contributed by atoms with Crippen LogP contribution < -0.4 is 15.5 Å². The number of nitrogens with zero attached hydrogens (tertiary/aromatic N) is 2. The molecule has 0 atom stereocenters. The highest BCUT2D eigenvalue weighted by atomic mass is 35.5. The topological polar surface area (TPSA) is 41.7 Å². The van der Waals surface area contributed by atoms with Gasteiger partial charge in [0.15, 0.2) is 0 Å². The van der Waals surface area contributed by atoms with Gasteiger partial charge in [0.25, 0.3) is 0 Å². The van der Waals surface area contributed by atoms with Crippen LogP contribution in [0.3, 0.4) is 0 Å². The van der Waals surface area contributed by atoms with Crippen molar-refractivity contribution in [1.29, 1.82) is 0 Å². The molecule has 0 aliphatic carbocycles. The number of rotatable bonds is 5. The highest BCUT2D eigenvalue weighted by Gasteiger charge is 2.18. The first kappa shape index (κ1) is 18.3. The Kier molecular flexibility index (Phi) is 8.93. The molecule has 0 spiro atoms. The number of benzene rings is 1. The smallest absolute Gasteiger partial charge is 0.0642 e. The predicted molar refractivity (Wildman–Crippen MR) is 86.3 cm³/mol. The summed E-state index contributed by atoms with van der Waals surface area (Å²) in [5.74, 6) is 0. The van der Waals surface area contributed by atoms with E-state index in [9.17, 15) is 0 Å². The lowest BCUT2D eigenvalue weighted by Crippen LogP contribution is -2.40. The summed E-state index contributed by atoms with van der Waals surface area (Å²) >= 11 is 0. The molecule has 4 nitrogen and oxygen atoms in total. The van der Waals surface area contributed by atoms with Crippen LogP contribution in [0.1, 0.15) is 0 Å². The standard InChI is InChI=1S/C13H21N3O.2ClH/c1-15-7-8-16(9-11-17-10-6-14)13-5-3-2-4-12(13)15;;/h2-5H,6-11,14H2,1H3;2*1H. The van der Waals surface area contributed by atoms with E-state index in [-0.39, 0.29) is 24.8 Å². The maximum atomic E-state index is 5.45. The minimum absolute atomic E-state index is 0. The van der Waals surface area contributed by atoms with Crippen molar-refractivity contribution in [2.75, 3.05) is 56.2 Å². The van der Waals surface area contributed by atoms with Crippen molar-refractivity contribution in [3.05, 3.63) is 24.3 Å². The van der Waals surface area contributed by atoms with E-state index in [0.717, 1.165) is 26.2 Å². The second-order valence-electron chi connectivity index (χ2n) is 4.30. The third-order valence-electron chi connectivity index (χ3n) is 3.11. The fourth-order valence-electron chi connectivity index (χ4n) is 2.16. The van der Waals surface area contributed by atoms with Crippen LogP contribution in [0, 0.1) is 0 Å². The maximum absolute atomic E-state index is 5.45. The molecule has 0 saturated heterocycles. The van der Waals surface area contributed by atoms with Gasteiger partial charge in [-0.2, -0.15) is 0 Å². The molecule has 0 saturated carbocycles. The van der Waals surface area contributed by atoms with Gasteiger partial charge >= 0.3 is 0 Å². The van der Waals surface area contributed by atoms with Crippen molar-refractivity contribution >= 4 is 36.2 Å². The van der Waals surface area contributed by atoms with Crippen molar-refractivity contribution in [3.8, 4) is 0 Å². The summed E-state index contributed by atoms with van der Waals surface area (Å²) in [6.45, 7) is 5.04. The Labute approximate surface area is 127 Å². The molecule has 0 aromatic heterocycles. The summed E-state index contributed by atoms with van der Waals surface area (Å²) in [5, 5.41) is 0. The fraction of sp³-hybridized carbons (Fsp3) is 0.538. The average Bonchev–Trinajstić information content (AvgIpc) is 2.37. The lowest BCUT2D eigenvalue weighted by Gasteiger charge is -2.36. The highest BCUT2D eigenvalue weighted by Crippen LogP contribution is 2.31. The first-order valence-electron chi connectivity index (χ1n) is 6.16. The molecule has 1 aliphatic heterocycles. The number of ether oxygens (including phenoxy) is 1. The second-order valence-corrected chi connectivity index (χ2v) is 4.30. The molecule has 1 aliphatic rings. The summed E-state index contributed by atoms with van der Waals surface area (Å²) in [4.78, 5) is 4.68. The van der Waals surface area contributed by atoms with E-state index in [2.05, 4.69) is 41.1 Å². The molecule has 2 rings (SSSR count). The van der Waals surface area contributed by atoms with Crippen molar-refractivity contribution in [3.63, 3.8) is 0 Å². The third kappa shape index (κ3) is 4.73. The molecule has 0 bridgehead atoms. The zero-order valence-corrected chi connectivity index (χ0v) is 12.9. The monoisotopic (exact) mass is 307 g/mol. The average molecular weight is 308 g/mol. The Morgan fingerprint density at radius 1 is 1.11 bits per heavy atom. The summed E-state index contributed by atoms with van der Waals surface area (Å²) in [6.07, 6.45) is 0. The van der Waals surface area contributed by atoms with Crippen LogP contribution in [-0.2, 0) is 4.74 Å². The molecular weight excluding hydrogens is 285 g/mol. The van der Waals surface area contributed by atoms with E-state index in [4.69, 9.17) is 10.5 Å². The number of nitrogens with two attached hydrogens (primary N) is 1. The normalized spacial score (nSPS) is 13.4. The Morgan fingerprint density at radius 2 is 1.79 bits per heavy atom. The number of hydrogen-bond donors (Lipinski definition) is 1. The van der Waals surface area contributed by atoms with E-state index >= 15 is 0 Å². The number of anilines is 2. The molecule has 110 valence electrons. The number of para-hydroxylation sites is 2. The minimum Gasteiger partial charge on any atom is -0.378 e. The van der Waals surface area contributed by atoms with Crippen molar-refractivity contribution in [1.82, 2.24) is 0 Å². The molecule has 0 radical (unpaired) electrons. The molecule has 0 amide bonds. The molecule has 0 fully saturated rings. The summed E-state index contributed by atoms with van der Waals surface area (Å²) in [6, 6.07) is 8.52. The Bertz CT molecular complexity index is 365. The lowest BCUT2D eigenvalue weighted by atomic mass is 10.2. The van der Waals surface area contributed by atoms with Gasteiger partial charge in [0.1, 0.15) is 0 Å². The Morgan fingerprint density at radius 3 is 2.47 bits per heavy atom. The van der Waals surface area contributed by atoms with E-state index < -0.39 is 0 Å². The van der Waals surface area contributed by atoms with Crippen LogP contribution in [0.15, 0.2) is 24.3 Å². The third-order valence-corrected chi connectivity index (χ3v) is 3.11. The first-order chi connectivity index (χ1) is 8.33. The van der Waals surface area contributed by atoms with Gasteiger partial charge in [0, 0.05) is 33.2 Å². The zero-order chi connectivity index (χ0) is 12.1. The highest BCUT2D eigenvalue weighted by molar-refractivity contribution is 5.85. The van der Waals surface area contributed by atoms with Gasteiger partial charge in [-0.3, -0.25) is 0 Å². The van der Waals surface area contributed by atoms with Gasteiger partial charge in [0.05, 0.1) is 24.6 Å². The number of likely N-dealkylation sites (N-methyl/N-ethyl adjacent to an activating group) is 1. The van der Waals surface area contributed by atoms with Crippen LogP contribution in [-0.4, -0.2) is 46.4 Å². The maximum Gasteiger partial charge on any atom is 0.0642 e. The van der Waals surface area contributed by atoms with Crippen molar-refractivity contribution < 1.29 is 4.74 Å². The van der Waals surface area contributed by atoms with E-state index in [1.165, 1.54) is 11.4 Å². The molecule has 2 N–H and O–H groups in total. The number of halogens is 2. The van der Waals surface area contributed by atoms with E-state index in [1.807, 2.05) is 0 Å². The summed E-state index contributed by atoms with van der Waals surface area (Å²) in [5.41, 5.74) is 8.00. The van der Waals surface area contributed by atoms with Gasteiger partial charge in [0.2, 0.25) is 0 Å². The summed E-state index contributed by atoms with van der Waals surface area (Å²) in [7, 11) is 2.14. The van der Waals surface area contributed by atoms with Gasteiger partial charge in [-0.25, -0.2) is 0 Å².